The van der Waals surface area contributed by atoms with Gasteiger partial charge in [-0.05, 0) is 50.8 Å². The van der Waals surface area contributed by atoms with Crippen molar-refractivity contribution >= 4 is 27.5 Å². The molecule has 3 rings (SSSR count). The Morgan fingerprint density at radius 3 is 2.33 bits per heavy atom. The van der Waals surface area contributed by atoms with Crippen LogP contribution in [0.5, 0.6) is 5.75 Å². The molecule has 0 heterocycles. The molecule has 1 saturated carbocycles. The molecule has 2 aromatic carbocycles. The quantitative estimate of drug-likeness (QED) is 0.468. The van der Waals surface area contributed by atoms with Crippen LogP contribution >= 0.6 is 0 Å². The summed E-state index contributed by atoms with van der Waals surface area (Å²) >= 11 is 0. The number of nitrogens with one attached hydrogen (secondary N) is 1. The SMILES string of the molecule is CCOc1ccccc1N(CC(=O)N(CCc1ccccc1)C(C)C(=O)NC1CCCC1)S(C)(=O)=O. The summed E-state index contributed by atoms with van der Waals surface area (Å²) in [4.78, 5) is 28.2. The molecule has 8 nitrogen and oxygen atoms in total. The standard InChI is InChI=1S/C27H37N3O5S/c1-4-35-25-17-11-10-16-24(25)30(36(3,33)34)20-26(31)29(19-18-22-12-6-5-7-13-22)21(2)27(32)28-23-14-8-9-15-23/h5-7,10-13,16-17,21,23H,4,8-9,14-15,18-20H2,1-3H3,(H,28,32). The van der Waals surface area contributed by atoms with Crippen molar-refractivity contribution in [3.05, 3.63) is 60.2 Å². The van der Waals surface area contributed by atoms with E-state index in [-0.39, 0.29) is 18.5 Å². The van der Waals surface area contributed by atoms with E-state index in [0.717, 1.165) is 41.8 Å². The van der Waals surface area contributed by atoms with Crippen molar-refractivity contribution in [1.82, 2.24) is 10.2 Å². The van der Waals surface area contributed by atoms with Crippen LogP contribution in [0, 0.1) is 0 Å². The van der Waals surface area contributed by atoms with E-state index in [2.05, 4.69) is 5.32 Å². The lowest BCUT2D eigenvalue weighted by molar-refractivity contribution is -0.139. The molecule has 0 saturated heterocycles. The third kappa shape index (κ3) is 7.46. The van der Waals surface area contributed by atoms with Gasteiger partial charge in [0.25, 0.3) is 0 Å². The van der Waals surface area contributed by atoms with E-state index in [4.69, 9.17) is 4.74 Å². The van der Waals surface area contributed by atoms with Crippen molar-refractivity contribution < 1.29 is 22.7 Å². The first kappa shape index (κ1) is 27.5. The number of anilines is 1. The number of benzene rings is 2. The van der Waals surface area contributed by atoms with E-state index in [0.29, 0.717) is 24.5 Å². The zero-order valence-electron chi connectivity index (χ0n) is 21.4. The number of hydrogen-bond acceptors (Lipinski definition) is 5. The highest BCUT2D eigenvalue weighted by molar-refractivity contribution is 7.92. The molecular weight excluding hydrogens is 478 g/mol. The summed E-state index contributed by atoms with van der Waals surface area (Å²) < 4.78 is 32.2. The number of carbonyl (C=O) groups excluding carboxylic acids is 2. The highest BCUT2D eigenvalue weighted by Crippen LogP contribution is 2.30. The highest BCUT2D eigenvalue weighted by Gasteiger charge is 2.31. The summed E-state index contributed by atoms with van der Waals surface area (Å²) in [7, 11) is -3.81. The monoisotopic (exact) mass is 515 g/mol. The van der Waals surface area contributed by atoms with E-state index in [1.165, 1.54) is 4.90 Å². The minimum Gasteiger partial charge on any atom is -0.492 e. The second-order valence-electron chi connectivity index (χ2n) is 9.16. The number of carbonyl (C=O) groups is 2. The summed E-state index contributed by atoms with van der Waals surface area (Å²) in [6.07, 6.45) is 5.64. The number of ether oxygens (including phenoxy) is 1. The molecule has 1 aliphatic carbocycles. The van der Waals surface area contributed by atoms with Gasteiger partial charge in [-0.15, -0.1) is 0 Å². The van der Waals surface area contributed by atoms with Crippen molar-refractivity contribution in [3.8, 4) is 5.75 Å². The fourth-order valence-corrected chi connectivity index (χ4v) is 5.35. The molecule has 196 valence electrons. The minimum atomic E-state index is -3.81. The summed E-state index contributed by atoms with van der Waals surface area (Å²) in [6, 6.07) is 15.8. The first-order valence-electron chi connectivity index (χ1n) is 12.5. The van der Waals surface area contributed by atoms with Gasteiger partial charge < -0.3 is 15.0 Å². The number of amides is 2. The lowest BCUT2D eigenvalue weighted by atomic mass is 10.1. The molecule has 1 fully saturated rings. The molecule has 1 atom stereocenters. The van der Waals surface area contributed by atoms with Crippen molar-refractivity contribution in [1.29, 1.82) is 0 Å². The topological polar surface area (TPSA) is 96.0 Å². The Labute approximate surface area is 214 Å². The van der Waals surface area contributed by atoms with Crippen molar-refractivity contribution in [2.45, 2.75) is 58.0 Å². The fourth-order valence-electron chi connectivity index (χ4n) is 4.50. The molecule has 2 aromatic rings. The van der Waals surface area contributed by atoms with Crippen LogP contribution in [0.3, 0.4) is 0 Å². The van der Waals surface area contributed by atoms with Crippen LogP contribution in [0.1, 0.15) is 45.1 Å². The van der Waals surface area contributed by atoms with Crippen molar-refractivity contribution in [2.75, 3.05) is 30.3 Å². The van der Waals surface area contributed by atoms with Crippen LogP contribution in [-0.4, -0.2) is 63.2 Å². The highest BCUT2D eigenvalue weighted by atomic mass is 32.2. The fraction of sp³-hybridized carbons (Fsp3) is 0.481. The molecule has 36 heavy (non-hydrogen) atoms. The molecule has 1 unspecified atom stereocenters. The second kappa shape index (κ2) is 12.8. The van der Waals surface area contributed by atoms with E-state index in [1.807, 2.05) is 37.3 Å². The molecule has 0 aromatic heterocycles. The number of nitrogens with zero attached hydrogens (tertiary/aromatic N) is 2. The van der Waals surface area contributed by atoms with Gasteiger partial charge in [0.15, 0.2) is 0 Å². The molecule has 9 heteroatoms. The van der Waals surface area contributed by atoms with E-state index in [1.54, 1.807) is 31.2 Å². The van der Waals surface area contributed by atoms with Crippen molar-refractivity contribution in [2.24, 2.45) is 0 Å². The number of sulfonamides is 1. The maximum atomic E-state index is 13.6. The Morgan fingerprint density at radius 1 is 1.06 bits per heavy atom. The summed E-state index contributed by atoms with van der Waals surface area (Å²) in [5, 5.41) is 3.07. The zero-order valence-corrected chi connectivity index (χ0v) is 22.2. The number of para-hydroxylation sites is 2. The summed E-state index contributed by atoms with van der Waals surface area (Å²) in [5.41, 5.74) is 1.32. The Balaban J connectivity index is 1.85. The molecule has 0 aliphatic heterocycles. The predicted molar refractivity (Wildman–Crippen MR) is 142 cm³/mol. The van der Waals surface area contributed by atoms with Crippen LogP contribution in [0.15, 0.2) is 54.6 Å². The van der Waals surface area contributed by atoms with Gasteiger partial charge >= 0.3 is 0 Å². The first-order chi connectivity index (χ1) is 17.2. The predicted octanol–water partition coefficient (Wildman–Crippen LogP) is 3.37. The van der Waals surface area contributed by atoms with Crippen LogP contribution in [0.25, 0.3) is 0 Å². The largest absolute Gasteiger partial charge is 0.492 e. The molecule has 2 amide bonds. The minimum absolute atomic E-state index is 0.122. The average Bonchev–Trinajstić information content (AvgIpc) is 3.36. The molecule has 0 radical (unpaired) electrons. The maximum Gasteiger partial charge on any atom is 0.244 e. The van der Waals surface area contributed by atoms with Gasteiger partial charge in [0.05, 0.1) is 18.6 Å². The number of rotatable bonds is 12. The molecule has 1 aliphatic rings. The third-order valence-corrected chi connectivity index (χ3v) is 7.59. The van der Waals surface area contributed by atoms with Gasteiger partial charge in [-0.25, -0.2) is 8.42 Å². The Kier molecular flexibility index (Phi) is 9.75. The van der Waals surface area contributed by atoms with Crippen LogP contribution in [-0.2, 0) is 26.0 Å². The van der Waals surface area contributed by atoms with Crippen LogP contribution < -0.4 is 14.4 Å². The van der Waals surface area contributed by atoms with Gasteiger partial charge in [0, 0.05) is 12.6 Å². The van der Waals surface area contributed by atoms with Crippen LogP contribution in [0.2, 0.25) is 0 Å². The van der Waals surface area contributed by atoms with Gasteiger partial charge in [0.1, 0.15) is 18.3 Å². The Morgan fingerprint density at radius 2 is 1.69 bits per heavy atom. The molecular formula is C27H37N3O5S. The van der Waals surface area contributed by atoms with Gasteiger partial charge in [-0.3, -0.25) is 13.9 Å². The normalized spacial score (nSPS) is 14.8. The first-order valence-corrected chi connectivity index (χ1v) is 14.4. The van der Waals surface area contributed by atoms with E-state index < -0.39 is 28.5 Å². The summed E-state index contributed by atoms with van der Waals surface area (Å²) in [6.45, 7) is 3.71. The second-order valence-corrected chi connectivity index (χ2v) is 11.1. The smallest absolute Gasteiger partial charge is 0.244 e. The van der Waals surface area contributed by atoms with Crippen LogP contribution in [0.4, 0.5) is 5.69 Å². The van der Waals surface area contributed by atoms with E-state index >= 15 is 0 Å². The molecule has 0 spiro atoms. The molecule has 1 N–H and O–H groups in total. The Hall–Kier alpha value is -3.07. The average molecular weight is 516 g/mol. The lowest BCUT2D eigenvalue weighted by Gasteiger charge is -2.32. The van der Waals surface area contributed by atoms with Gasteiger partial charge in [0.2, 0.25) is 21.8 Å². The Bertz CT molecular complexity index is 1120. The van der Waals surface area contributed by atoms with Crippen molar-refractivity contribution in [3.63, 3.8) is 0 Å². The van der Waals surface area contributed by atoms with Gasteiger partial charge in [-0.1, -0.05) is 55.3 Å². The van der Waals surface area contributed by atoms with Gasteiger partial charge in [-0.2, -0.15) is 0 Å². The molecule has 0 bridgehead atoms. The number of hydrogen-bond donors (Lipinski definition) is 1. The third-order valence-electron chi connectivity index (χ3n) is 6.47. The lowest BCUT2D eigenvalue weighted by Crippen LogP contribution is -2.53. The zero-order chi connectivity index (χ0) is 26.1. The van der Waals surface area contributed by atoms with E-state index in [9.17, 15) is 18.0 Å². The summed E-state index contributed by atoms with van der Waals surface area (Å²) in [5.74, 6) is -0.290. The maximum absolute atomic E-state index is 13.6.